The molecule has 1 fully saturated rings. The van der Waals surface area contributed by atoms with Crippen molar-refractivity contribution in [2.45, 2.75) is 83.7 Å². The Morgan fingerprint density at radius 2 is 1.52 bits per heavy atom. The Balaban J connectivity index is 2.20. The standard InChI is InChI=1S/C18H39N3/c1-4-8-17(14-19-3)21-15-18(9-5-2)20-13-12-16-10-6-7-11-16/h16-21H,4-15H2,1-3H3/t17-,18-/m1/s1. The van der Waals surface area contributed by atoms with Crippen molar-refractivity contribution in [1.29, 1.82) is 0 Å². The van der Waals surface area contributed by atoms with Gasteiger partial charge in [0.2, 0.25) is 0 Å². The zero-order valence-corrected chi connectivity index (χ0v) is 14.7. The Hall–Kier alpha value is -0.120. The SMILES string of the molecule is CCC[C@H](CNC)NC[C@@H](CCC)NCCC1CCCC1. The van der Waals surface area contributed by atoms with Crippen LogP contribution in [0.1, 0.15) is 71.6 Å². The zero-order valence-electron chi connectivity index (χ0n) is 14.7. The van der Waals surface area contributed by atoms with Gasteiger partial charge in [-0.3, -0.25) is 0 Å². The van der Waals surface area contributed by atoms with Gasteiger partial charge in [0.15, 0.2) is 0 Å². The van der Waals surface area contributed by atoms with Crippen LogP contribution >= 0.6 is 0 Å². The van der Waals surface area contributed by atoms with E-state index in [2.05, 4.69) is 29.8 Å². The maximum Gasteiger partial charge on any atom is 0.0192 e. The van der Waals surface area contributed by atoms with Crippen molar-refractivity contribution >= 4 is 0 Å². The molecule has 126 valence electrons. The summed E-state index contributed by atoms with van der Waals surface area (Å²) in [5, 5.41) is 10.9. The zero-order chi connectivity index (χ0) is 15.3. The lowest BCUT2D eigenvalue weighted by Crippen LogP contribution is -2.45. The van der Waals surface area contributed by atoms with E-state index in [9.17, 15) is 0 Å². The molecule has 0 aromatic rings. The first kappa shape index (κ1) is 18.9. The predicted molar refractivity (Wildman–Crippen MR) is 93.9 cm³/mol. The van der Waals surface area contributed by atoms with Gasteiger partial charge in [-0.1, -0.05) is 52.4 Å². The highest BCUT2D eigenvalue weighted by atomic mass is 15.0. The topological polar surface area (TPSA) is 36.1 Å². The average molecular weight is 298 g/mol. The number of nitrogens with one attached hydrogen (secondary N) is 3. The van der Waals surface area contributed by atoms with E-state index in [1.165, 1.54) is 64.3 Å². The van der Waals surface area contributed by atoms with Crippen molar-refractivity contribution in [3.8, 4) is 0 Å². The molecule has 3 nitrogen and oxygen atoms in total. The summed E-state index contributed by atoms with van der Waals surface area (Å²) in [6, 6.07) is 1.27. The summed E-state index contributed by atoms with van der Waals surface area (Å²) in [4.78, 5) is 0. The molecule has 1 aliphatic rings. The van der Waals surface area contributed by atoms with Gasteiger partial charge in [0.05, 0.1) is 0 Å². The lowest BCUT2D eigenvalue weighted by atomic mass is 10.0. The highest BCUT2D eigenvalue weighted by Gasteiger charge is 2.16. The van der Waals surface area contributed by atoms with E-state index in [1.54, 1.807) is 0 Å². The molecule has 1 rings (SSSR count). The molecule has 3 heteroatoms. The molecule has 0 aromatic carbocycles. The summed E-state index contributed by atoms with van der Waals surface area (Å²) in [6.45, 7) is 7.97. The van der Waals surface area contributed by atoms with Crippen LogP contribution in [0.2, 0.25) is 0 Å². The first-order chi connectivity index (χ1) is 10.3. The van der Waals surface area contributed by atoms with Crippen LogP contribution in [0.25, 0.3) is 0 Å². The Bertz CT molecular complexity index is 221. The van der Waals surface area contributed by atoms with E-state index in [1.807, 2.05) is 7.05 Å². The lowest BCUT2D eigenvalue weighted by Gasteiger charge is -2.24. The molecule has 0 unspecified atom stereocenters. The number of rotatable bonds is 13. The van der Waals surface area contributed by atoms with Crippen LogP contribution < -0.4 is 16.0 Å². The van der Waals surface area contributed by atoms with Gasteiger partial charge < -0.3 is 16.0 Å². The number of hydrogen-bond donors (Lipinski definition) is 3. The van der Waals surface area contributed by atoms with Crippen molar-refractivity contribution in [3.63, 3.8) is 0 Å². The summed E-state index contributed by atoms with van der Waals surface area (Å²) in [5.74, 6) is 1.00. The second kappa shape index (κ2) is 12.4. The predicted octanol–water partition coefficient (Wildman–Crippen LogP) is 3.30. The summed E-state index contributed by atoms with van der Waals surface area (Å²) < 4.78 is 0. The van der Waals surface area contributed by atoms with Gasteiger partial charge in [-0.15, -0.1) is 0 Å². The molecule has 0 bridgehead atoms. The van der Waals surface area contributed by atoms with Crippen LogP contribution in [0.15, 0.2) is 0 Å². The lowest BCUT2D eigenvalue weighted by molar-refractivity contribution is 0.376. The van der Waals surface area contributed by atoms with Gasteiger partial charge >= 0.3 is 0 Å². The molecule has 0 heterocycles. The fourth-order valence-corrected chi connectivity index (χ4v) is 3.60. The minimum Gasteiger partial charge on any atom is -0.318 e. The second-order valence-electron chi connectivity index (χ2n) is 6.83. The molecule has 1 aliphatic carbocycles. The normalized spacial score (nSPS) is 19.0. The summed E-state index contributed by atoms with van der Waals surface area (Å²) in [7, 11) is 2.05. The van der Waals surface area contributed by atoms with Crippen LogP contribution in [-0.2, 0) is 0 Å². The summed E-state index contributed by atoms with van der Waals surface area (Å²) in [5.41, 5.74) is 0. The van der Waals surface area contributed by atoms with Crippen LogP contribution in [0.3, 0.4) is 0 Å². The van der Waals surface area contributed by atoms with E-state index in [0.29, 0.717) is 12.1 Å². The van der Waals surface area contributed by atoms with Gasteiger partial charge in [-0.2, -0.15) is 0 Å². The van der Waals surface area contributed by atoms with Crippen LogP contribution in [0.5, 0.6) is 0 Å². The van der Waals surface area contributed by atoms with E-state index in [0.717, 1.165) is 19.0 Å². The fraction of sp³-hybridized carbons (Fsp3) is 1.00. The van der Waals surface area contributed by atoms with E-state index >= 15 is 0 Å². The number of likely N-dealkylation sites (N-methyl/N-ethyl adjacent to an activating group) is 1. The molecule has 0 radical (unpaired) electrons. The maximum atomic E-state index is 3.80. The minimum absolute atomic E-state index is 0.621. The molecule has 1 saturated carbocycles. The summed E-state index contributed by atoms with van der Waals surface area (Å²) >= 11 is 0. The fourth-order valence-electron chi connectivity index (χ4n) is 3.60. The van der Waals surface area contributed by atoms with Crippen molar-refractivity contribution in [1.82, 2.24) is 16.0 Å². The van der Waals surface area contributed by atoms with Gasteiger partial charge in [-0.25, -0.2) is 0 Å². The van der Waals surface area contributed by atoms with Crippen LogP contribution in [0, 0.1) is 5.92 Å². The first-order valence-electron chi connectivity index (χ1n) is 9.41. The maximum absolute atomic E-state index is 3.80. The van der Waals surface area contributed by atoms with Gasteiger partial charge in [0.1, 0.15) is 0 Å². The molecule has 3 N–H and O–H groups in total. The molecule has 0 aliphatic heterocycles. The van der Waals surface area contributed by atoms with E-state index in [4.69, 9.17) is 0 Å². The van der Waals surface area contributed by atoms with Gasteiger partial charge in [0, 0.05) is 25.2 Å². The number of hydrogen-bond acceptors (Lipinski definition) is 3. The van der Waals surface area contributed by atoms with E-state index in [-0.39, 0.29) is 0 Å². The summed E-state index contributed by atoms with van der Waals surface area (Å²) in [6.07, 6.45) is 12.3. The Kier molecular flexibility index (Phi) is 11.2. The Morgan fingerprint density at radius 3 is 2.10 bits per heavy atom. The van der Waals surface area contributed by atoms with Crippen molar-refractivity contribution in [2.24, 2.45) is 5.92 Å². The van der Waals surface area contributed by atoms with Crippen LogP contribution in [0.4, 0.5) is 0 Å². The molecular formula is C18H39N3. The second-order valence-corrected chi connectivity index (χ2v) is 6.83. The molecule has 2 atom stereocenters. The third-order valence-corrected chi connectivity index (χ3v) is 4.84. The third kappa shape index (κ3) is 8.80. The molecule has 0 aromatic heterocycles. The van der Waals surface area contributed by atoms with Gasteiger partial charge in [0.25, 0.3) is 0 Å². The molecule has 0 saturated heterocycles. The largest absolute Gasteiger partial charge is 0.318 e. The Labute approximate surface area is 133 Å². The first-order valence-corrected chi connectivity index (χ1v) is 9.41. The smallest absolute Gasteiger partial charge is 0.0192 e. The van der Waals surface area contributed by atoms with Crippen molar-refractivity contribution in [2.75, 3.05) is 26.7 Å². The Morgan fingerprint density at radius 1 is 0.905 bits per heavy atom. The molecule has 0 amide bonds. The quantitative estimate of drug-likeness (QED) is 0.488. The van der Waals surface area contributed by atoms with E-state index < -0.39 is 0 Å². The highest BCUT2D eigenvalue weighted by molar-refractivity contribution is 4.76. The minimum atomic E-state index is 0.621. The van der Waals surface area contributed by atoms with Crippen LogP contribution in [-0.4, -0.2) is 38.8 Å². The highest BCUT2D eigenvalue weighted by Crippen LogP contribution is 2.26. The molecule has 0 spiro atoms. The molecule has 21 heavy (non-hydrogen) atoms. The van der Waals surface area contributed by atoms with Gasteiger partial charge in [-0.05, 0) is 38.8 Å². The monoisotopic (exact) mass is 297 g/mol. The molecular weight excluding hydrogens is 258 g/mol. The van der Waals surface area contributed by atoms with Crippen molar-refractivity contribution in [3.05, 3.63) is 0 Å². The van der Waals surface area contributed by atoms with Crippen molar-refractivity contribution < 1.29 is 0 Å². The third-order valence-electron chi connectivity index (χ3n) is 4.84. The average Bonchev–Trinajstić information content (AvgIpc) is 2.98.